The molecule has 0 aliphatic rings. The van der Waals surface area contributed by atoms with E-state index >= 15 is 0 Å². The molecule has 11 heteroatoms. The SMILES string of the molecule is CCOCc1[nH]c(=O)c(-c2nnc(CNC(=O)c3ccccc3)o2)c(O)c1-c1c(OC)cccc1OC. The normalized spacial score (nSPS) is 10.8. The monoisotopic (exact) mass is 506 g/mol. The third-order valence-corrected chi connectivity index (χ3v) is 5.51. The summed E-state index contributed by atoms with van der Waals surface area (Å²) in [5, 5.41) is 21.9. The number of amides is 1. The number of aromatic hydroxyl groups is 1. The van der Waals surface area contributed by atoms with Crippen molar-refractivity contribution in [2.24, 2.45) is 0 Å². The lowest BCUT2D eigenvalue weighted by atomic mass is 9.98. The summed E-state index contributed by atoms with van der Waals surface area (Å²) in [7, 11) is 2.97. The minimum absolute atomic E-state index is 0.0106. The van der Waals surface area contributed by atoms with Gasteiger partial charge in [0.05, 0.1) is 44.2 Å². The summed E-state index contributed by atoms with van der Waals surface area (Å²) in [6.07, 6.45) is 0. The molecule has 192 valence electrons. The topological polar surface area (TPSA) is 149 Å². The number of carbonyl (C=O) groups is 1. The highest BCUT2D eigenvalue weighted by Gasteiger charge is 2.27. The highest BCUT2D eigenvalue weighted by atomic mass is 16.5. The number of ether oxygens (including phenoxy) is 3. The van der Waals surface area contributed by atoms with Crippen LogP contribution in [0, 0.1) is 0 Å². The quantitative estimate of drug-likeness (QED) is 0.295. The van der Waals surface area contributed by atoms with Crippen molar-refractivity contribution < 1.29 is 28.5 Å². The molecule has 0 fully saturated rings. The molecule has 0 bridgehead atoms. The average Bonchev–Trinajstić information content (AvgIpc) is 3.39. The van der Waals surface area contributed by atoms with Crippen LogP contribution >= 0.6 is 0 Å². The lowest BCUT2D eigenvalue weighted by molar-refractivity contribution is 0.0947. The van der Waals surface area contributed by atoms with Crippen molar-refractivity contribution in [3.05, 3.63) is 76.0 Å². The van der Waals surface area contributed by atoms with Gasteiger partial charge in [-0.05, 0) is 31.2 Å². The molecule has 2 aromatic carbocycles. The first-order valence-electron chi connectivity index (χ1n) is 11.4. The summed E-state index contributed by atoms with van der Waals surface area (Å²) in [4.78, 5) is 28.1. The van der Waals surface area contributed by atoms with Gasteiger partial charge in [-0.3, -0.25) is 9.59 Å². The van der Waals surface area contributed by atoms with Gasteiger partial charge in [-0.25, -0.2) is 0 Å². The zero-order valence-electron chi connectivity index (χ0n) is 20.5. The van der Waals surface area contributed by atoms with E-state index in [-0.39, 0.29) is 42.0 Å². The molecular formula is C26H26N4O7. The van der Waals surface area contributed by atoms with Gasteiger partial charge in [0.15, 0.2) is 0 Å². The molecule has 4 aromatic rings. The van der Waals surface area contributed by atoms with E-state index in [0.717, 1.165) is 0 Å². The summed E-state index contributed by atoms with van der Waals surface area (Å²) in [5.41, 5.74) is 0.522. The van der Waals surface area contributed by atoms with E-state index in [1.165, 1.54) is 14.2 Å². The van der Waals surface area contributed by atoms with Crippen LogP contribution in [0.15, 0.2) is 57.7 Å². The van der Waals surface area contributed by atoms with Crippen LogP contribution in [-0.2, 0) is 17.9 Å². The van der Waals surface area contributed by atoms with E-state index in [4.69, 9.17) is 18.6 Å². The smallest absolute Gasteiger partial charge is 0.264 e. The van der Waals surface area contributed by atoms with E-state index in [1.807, 2.05) is 6.92 Å². The number of nitrogens with zero attached hydrogens (tertiary/aromatic N) is 2. The van der Waals surface area contributed by atoms with Gasteiger partial charge in [0.25, 0.3) is 17.4 Å². The fourth-order valence-corrected chi connectivity index (χ4v) is 3.79. The molecule has 1 amide bonds. The van der Waals surface area contributed by atoms with Gasteiger partial charge in [0, 0.05) is 12.2 Å². The molecule has 37 heavy (non-hydrogen) atoms. The summed E-state index contributed by atoms with van der Waals surface area (Å²) < 4.78 is 22.2. The molecule has 0 saturated heterocycles. The lowest BCUT2D eigenvalue weighted by Gasteiger charge is -2.18. The number of pyridine rings is 1. The maximum absolute atomic E-state index is 13.0. The van der Waals surface area contributed by atoms with Gasteiger partial charge in [-0.1, -0.05) is 24.3 Å². The van der Waals surface area contributed by atoms with Crippen LogP contribution in [0.3, 0.4) is 0 Å². The van der Waals surface area contributed by atoms with Gasteiger partial charge < -0.3 is 34.0 Å². The van der Waals surface area contributed by atoms with Gasteiger partial charge in [0.1, 0.15) is 22.8 Å². The highest BCUT2D eigenvalue weighted by Crippen LogP contribution is 2.46. The molecule has 4 rings (SSSR count). The number of hydrogen-bond donors (Lipinski definition) is 3. The average molecular weight is 507 g/mol. The molecule has 0 radical (unpaired) electrons. The zero-order valence-corrected chi connectivity index (χ0v) is 20.5. The van der Waals surface area contributed by atoms with E-state index < -0.39 is 11.3 Å². The van der Waals surface area contributed by atoms with Gasteiger partial charge in [-0.15, -0.1) is 10.2 Å². The molecule has 0 saturated carbocycles. The largest absolute Gasteiger partial charge is 0.506 e. The number of carbonyl (C=O) groups excluding carboxylic acids is 1. The molecular weight excluding hydrogens is 480 g/mol. The Morgan fingerprint density at radius 2 is 1.70 bits per heavy atom. The number of rotatable bonds is 10. The Bertz CT molecular complexity index is 1430. The molecule has 0 unspecified atom stereocenters. The Kier molecular flexibility index (Phi) is 7.84. The van der Waals surface area contributed by atoms with Crippen LogP contribution in [0.5, 0.6) is 17.2 Å². The van der Waals surface area contributed by atoms with Crippen molar-refractivity contribution >= 4 is 5.91 Å². The number of hydrogen-bond acceptors (Lipinski definition) is 9. The van der Waals surface area contributed by atoms with Crippen molar-refractivity contribution in [1.82, 2.24) is 20.5 Å². The van der Waals surface area contributed by atoms with Gasteiger partial charge >= 0.3 is 0 Å². The summed E-state index contributed by atoms with van der Waals surface area (Å²) in [6.45, 7) is 2.13. The van der Waals surface area contributed by atoms with Gasteiger partial charge in [0.2, 0.25) is 5.89 Å². The van der Waals surface area contributed by atoms with Crippen molar-refractivity contribution in [2.75, 3.05) is 20.8 Å². The lowest BCUT2D eigenvalue weighted by Crippen LogP contribution is -2.22. The van der Waals surface area contributed by atoms with Crippen LogP contribution in [0.1, 0.15) is 28.9 Å². The second-order valence-electron chi connectivity index (χ2n) is 7.76. The van der Waals surface area contributed by atoms with Crippen LogP contribution in [-0.4, -0.2) is 47.0 Å². The summed E-state index contributed by atoms with van der Waals surface area (Å²) in [5.74, 6) is -0.106. The molecule has 2 heterocycles. The first kappa shape index (κ1) is 25.5. The molecule has 2 aromatic heterocycles. The molecule has 0 spiro atoms. The number of H-pyrrole nitrogens is 1. The molecule has 0 aliphatic carbocycles. The predicted molar refractivity (Wildman–Crippen MR) is 134 cm³/mol. The van der Waals surface area contributed by atoms with Crippen molar-refractivity contribution in [2.45, 2.75) is 20.1 Å². The molecule has 11 nitrogen and oxygen atoms in total. The van der Waals surface area contributed by atoms with E-state index in [2.05, 4.69) is 20.5 Å². The van der Waals surface area contributed by atoms with Crippen LogP contribution in [0.25, 0.3) is 22.6 Å². The van der Waals surface area contributed by atoms with Crippen molar-refractivity contribution in [1.29, 1.82) is 0 Å². The third-order valence-electron chi connectivity index (χ3n) is 5.51. The van der Waals surface area contributed by atoms with Crippen LogP contribution < -0.4 is 20.3 Å². The van der Waals surface area contributed by atoms with E-state index in [0.29, 0.717) is 34.9 Å². The Hall–Kier alpha value is -4.64. The van der Waals surface area contributed by atoms with Gasteiger partial charge in [-0.2, -0.15) is 0 Å². The number of benzene rings is 2. The Morgan fingerprint density at radius 1 is 1.00 bits per heavy atom. The number of aromatic nitrogens is 3. The van der Waals surface area contributed by atoms with Crippen LogP contribution in [0.4, 0.5) is 0 Å². The second-order valence-corrected chi connectivity index (χ2v) is 7.76. The standard InChI is InChI=1S/C26H26N4O7/c1-4-36-14-16-20(21-17(34-2)11-8-12-18(21)35-3)23(31)22(25(33)28-16)26-30-29-19(37-26)13-27-24(32)15-9-6-5-7-10-15/h5-12H,4,13-14H2,1-3H3,(H,27,32)(H2,28,31,33). The highest BCUT2D eigenvalue weighted by molar-refractivity contribution is 5.94. The zero-order chi connectivity index (χ0) is 26.4. The Morgan fingerprint density at radius 3 is 2.35 bits per heavy atom. The van der Waals surface area contributed by atoms with E-state index in [1.54, 1.807) is 48.5 Å². The minimum atomic E-state index is -0.659. The van der Waals surface area contributed by atoms with Crippen molar-refractivity contribution in [3.8, 4) is 39.8 Å². The maximum atomic E-state index is 13.0. The maximum Gasteiger partial charge on any atom is 0.264 e. The first-order valence-corrected chi connectivity index (χ1v) is 11.4. The molecule has 3 N–H and O–H groups in total. The van der Waals surface area contributed by atoms with Crippen molar-refractivity contribution in [3.63, 3.8) is 0 Å². The summed E-state index contributed by atoms with van der Waals surface area (Å²) >= 11 is 0. The van der Waals surface area contributed by atoms with E-state index in [9.17, 15) is 14.7 Å². The Balaban J connectivity index is 1.75. The Labute approximate surface area is 212 Å². The number of nitrogens with one attached hydrogen (secondary N) is 2. The minimum Gasteiger partial charge on any atom is -0.506 e. The second kappa shape index (κ2) is 11.4. The predicted octanol–water partition coefficient (Wildman–Crippen LogP) is 3.28. The molecule has 0 aliphatic heterocycles. The first-order chi connectivity index (χ1) is 18.0. The fraction of sp³-hybridized carbons (Fsp3) is 0.231. The van der Waals surface area contributed by atoms with Crippen LogP contribution in [0.2, 0.25) is 0 Å². The summed E-state index contributed by atoms with van der Waals surface area (Å²) in [6, 6.07) is 13.8. The third kappa shape index (κ3) is 5.31. The fourth-order valence-electron chi connectivity index (χ4n) is 3.79. The number of aromatic amines is 1. The number of methoxy groups -OCH3 is 2. The molecule has 0 atom stereocenters.